The topological polar surface area (TPSA) is 41.6 Å². The molecule has 0 unspecified atom stereocenters. The highest BCUT2D eigenvalue weighted by atomic mass is 15.3. The molecule has 1 aromatic carbocycles. The second-order valence-electron chi connectivity index (χ2n) is 6.03. The average molecular weight is 271 g/mol. The van der Waals surface area contributed by atoms with Crippen LogP contribution in [0.3, 0.4) is 0 Å². The number of hydrogen-bond donors (Lipinski definition) is 1. The van der Waals surface area contributed by atoms with Crippen LogP contribution in [0, 0.1) is 0 Å². The van der Waals surface area contributed by atoms with Crippen molar-refractivity contribution in [3.8, 4) is 0 Å². The summed E-state index contributed by atoms with van der Waals surface area (Å²) in [5.74, 6) is 0.768. The fourth-order valence-corrected chi connectivity index (χ4v) is 3.38. The van der Waals surface area contributed by atoms with Gasteiger partial charge in [0.05, 0.1) is 6.04 Å². The molecular weight excluding hydrogens is 246 g/mol. The Bertz CT molecular complexity index is 448. The lowest BCUT2D eigenvalue weighted by Crippen LogP contribution is -2.40. The van der Waals surface area contributed by atoms with Crippen LogP contribution in [-0.2, 0) is 12.8 Å². The predicted molar refractivity (Wildman–Crippen MR) is 83.9 cm³/mol. The Morgan fingerprint density at radius 3 is 2.20 bits per heavy atom. The molecule has 1 aromatic rings. The molecule has 3 rings (SSSR count). The van der Waals surface area contributed by atoms with Crippen molar-refractivity contribution in [1.29, 1.82) is 0 Å². The molecule has 1 saturated carbocycles. The van der Waals surface area contributed by atoms with E-state index in [0.29, 0.717) is 6.04 Å². The van der Waals surface area contributed by atoms with Crippen LogP contribution in [0.1, 0.15) is 43.2 Å². The Morgan fingerprint density at radius 2 is 1.60 bits per heavy atom. The van der Waals surface area contributed by atoms with Gasteiger partial charge in [-0.3, -0.25) is 0 Å². The first-order valence-corrected chi connectivity index (χ1v) is 7.98. The number of fused-ring (bicyclic) bond motifs is 1. The van der Waals surface area contributed by atoms with Crippen molar-refractivity contribution in [2.75, 3.05) is 13.1 Å². The van der Waals surface area contributed by atoms with Crippen LogP contribution in [0.4, 0.5) is 0 Å². The van der Waals surface area contributed by atoms with Crippen LogP contribution in [0.2, 0.25) is 0 Å². The minimum Gasteiger partial charge on any atom is -0.370 e. The van der Waals surface area contributed by atoms with Crippen molar-refractivity contribution >= 4 is 5.96 Å². The molecule has 0 radical (unpaired) electrons. The first-order chi connectivity index (χ1) is 9.83. The largest absolute Gasteiger partial charge is 0.370 e. The van der Waals surface area contributed by atoms with E-state index in [1.165, 1.54) is 43.2 Å². The van der Waals surface area contributed by atoms with Crippen molar-refractivity contribution < 1.29 is 0 Å². The second-order valence-corrected chi connectivity index (χ2v) is 6.03. The van der Waals surface area contributed by atoms with Gasteiger partial charge in [-0.1, -0.05) is 43.5 Å². The normalized spacial score (nSPS) is 21.4. The average Bonchev–Trinajstić information content (AvgIpc) is 2.71. The number of aliphatic imine (C=N–C) groups is 1. The van der Waals surface area contributed by atoms with Gasteiger partial charge in [0.25, 0.3) is 0 Å². The maximum absolute atomic E-state index is 6.26. The summed E-state index contributed by atoms with van der Waals surface area (Å²) in [5, 5.41) is 0. The van der Waals surface area contributed by atoms with E-state index in [2.05, 4.69) is 29.2 Å². The summed E-state index contributed by atoms with van der Waals surface area (Å²) in [6, 6.07) is 9.22. The van der Waals surface area contributed by atoms with E-state index in [1.54, 1.807) is 0 Å². The fourth-order valence-electron chi connectivity index (χ4n) is 3.38. The van der Waals surface area contributed by atoms with E-state index in [9.17, 15) is 0 Å². The highest BCUT2D eigenvalue weighted by Gasteiger charge is 2.17. The number of hydrogen-bond acceptors (Lipinski definition) is 1. The smallest absolute Gasteiger partial charge is 0.191 e. The van der Waals surface area contributed by atoms with E-state index in [-0.39, 0.29) is 0 Å². The Hall–Kier alpha value is -1.51. The van der Waals surface area contributed by atoms with Crippen LogP contribution in [-0.4, -0.2) is 30.0 Å². The van der Waals surface area contributed by atoms with Crippen molar-refractivity contribution in [2.24, 2.45) is 10.7 Å². The lowest BCUT2D eigenvalue weighted by Gasteiger charge is -2.24. The Labute approximate surface area is 121 Å². The third kappa shape index (κ3) is 3.14. The predicted octanol–water partition coefficient (Wildman–Crippen LogP) is 2.73. The third-order valence-electron chi connectivity index (χ3n) is 4.63. The monoisotopic (exact) mass is 271 g/mol. The van der Waals surface area contributed by atoms with E-state index in [0.717, 1.165) is 31.9 Å². The maximum atomic E-state index is 6.26. The van der Waals surface area contributed by atoms with Crippen LogP contribution >= 0.6 is 0 Å². The minimum atomic E-state index is 0.467. The molecule has 0 aromatic heterocycles. The molecule has 1 aliphatic carbocycles. The molecule has 1 heterocycles. The van der Waals surface area contributed by atoms with Gasteiger partial charge in [0.2, 0.25) is 0 Å². The number of rotatable bonds is 1. The first kappa shape index (κ1) is 13.5. The molecule has 0 bridgehead atoms. The van der Waals surface area contributed by atoms with Gasteiger partial charge in [0, 0.05) is 13.1 Å². The molecule has 108 valence electrons. The molecule has 1 aliphatic heterocycles. The van der Waals surface area contributed by atoms with Gasteiger partial charge in [-0.15, -0.1) is 0 Å². The Balaban J connectivity index is 1.65. The lowest BCUT2D eigenvalue weighted by molar-refractivity contribution is 0.409. The van der Waals surface area contributed by atoms with Crippen molar-refractivity contribution in [3.63, 3.8) is 0 Å². The zero-order valence-corrected chi connectivity index (χ0v) is 12.2. The first-order valence-electron chi connectivity index (χ1n) is 7.98. The third-order valence-corrected chi connectivity index (χ3v) is 4.63. The maximum Gasteiger partial charge on any atom is 0.191 e. The van der Waals surface area contributed by atoms with Crippen molar-refractivity contribution in [1.82, 2.24) is 4.90 Å². The number of guanidine groups is 1. The van der Waals surface area contributed by atoms with Gasteiger partial charge in [-0.05, 0) is 36.8 Å². The second kappa shape index (κ2) is 6.29. The van der Waals surface area contributed by atoms with Crippen LogP contribution in [0.5, 0.6) is 0 Å². The molecule has 0 amide bonds. The minimum absolute atomic E-state index is 0.467. The zero-order valence-electron chi connectivity index (χ0n) is 12.2. The van der Waals surface area contributed by atoms with E-state index < -0.39 is 0 Å². The lowest BCUT2D eigenvalue weighted by atomic mass is 9.96. The molecule has 3 heteroatoms. The van der Waals surface area contributed by atoms with E-state index in [1.807, 2.05) is 0 Å². The SMILES string of the molecule is NC(=NC1CCCCC1)N1CCc2ccccc2CC1. The molecule has 3 nitrogen and oxygen atoms in total. The molecule has 0 spiro atoms. The Kier molecular flexibility index (Phi) is 4.24. The number of nitrogens with zero attached hydrogens (tertiary/aromatic N) is 2. The summed E-state index contributed by atoms with van der Waals surface area (Å²) in [5.41, 5.74) is 9.20. The van der Waals surface area contributed by atoms with Gasteiger partial charge >= 0.3 is 0 Å². The highest BCUT2D eigenvalue weighted by molar-refractivity contribution is 5.78. The summed E-state index contributed by atoms with van der Waals surface area (Å²) in [7, 11) is 0. The molecular formula is C17H25N3. The molecule has 1 fully saturated rings. The molecule has 0 saturated heterocycles. The van der Waals surface area contributed by atoms with Gasteiger partial charge in [-0.2, -0.15) is 0 Å². The van der Waals surface area contributed by atoms with Gasteiger partial charge < -0.3 is 10.6 Å². The van der Waals surface area contributed by atoms with Crippen LogP contribution in [0.25, 0.3) is 0 Å². The summed E-state index contributed by atoms with van der Waals surface area (Å²) in [6.45, 7) is 2.00. The van der Waals surface area contributed by atoms with Crippen LogP contribution < -0.4 is 5.73 Å². The van der Waals surface area contributed by atoms with E-state index >= 15 is 0 Å². The standard InChI is InChI=1S/C17H25N3/c18-17(19-16-8-2-1-3-9-16)20-12-10-14-6-4-5-7-15(14)11-13-20/h4-7,16H,1-3,8-13H2,(H2,18,19). The summed E-state index contributed by atoms with van der Waals surface area (Å²) in [6.07, 6.45) is 8.59. The number of benzene rings is 1. The van der Waals surface area contributed by atoms with Gasteiger partial charge in [0.1, 0.15) is 0 Å². The van der Waals surface area contributed by atoms with Crippen molar-refractivity contribution in [2.45, 2.75) is 51.0 Å². The fraction of sp³-hybridized carbons (Fsp3) is 0.588. The summed E-state index contributed by atoms with van der Waals surface area (Å²) in [4.78, 5) is 7.06. The zero-order chi connectivity index (χ0) is 13.8. The van der Waals surface area contributed by atoms with Crippen LogP contribution in [0.15, 0.2) is 29.3 Å². The number of nitrogens with two attached hydrogens (primary N) is 1. The van der Waals surface area contributed by atoms with Gasteiger partial charge in [-0.25, -0.2) is 4.99 Å². The molecule has 0 atom stereocenters. The quantitative estimate of drug-likeness (QED) is 0.630. The summed E-state index contributed by atoms with van der Waals surface area (Å²) < 4.78 is 0. The molecule has 2 N–H and O–H groups in total. The Morgan fingerprint density at radius 1 is 1.00 bits per heavy atom. The van der Waals surface area contributed by atoms with Gasteiger partial charge in [0.15, 0.2) is 5.96 Å². The molecule has 2 aliphatic rings. The van der Waals surface area contributed by atoms with E-state index in [4.69, 9.17) is 10.7 Å². The summed E-state index contributed by atoms with van der Waals surface area (Å²) >= 11 is 0. The molecule has 20 heavy (non-hydrogen) atoms. The van der Waals surface area contributed by atoms with Crippen molar-refractivity contribution in [3.05, 3.63) is 35.4 Å². The highest BCUT2D eigenvalue weighted by Crippen LogP contribution is 2.21.